The standard InChI is InChI=1S/C21H24ClN7O/c22-15-11-23-29(13-15)21(6-7-21)20-24-16-4-5-17(25-18(16)26-20)28-8-1-3-14(12-28)19(30)27-9-2-10-27/h4-5,11,13-14H,1-3,6-10,12H2,(H,24,25,26). The zero-order valence-electron chi connectivity index (χ0n) is 16.7. The van der Waals surface area contributed by atoms with E-state index >= 15 is 0 Å². The quantitative estimate of drug-likeness (QED) is 0.695. The number of rotatable bonds is 4. The number of hydrogen-bond acceptors (Lipinski definition) is 5. The van der Waals surface area contributed by atoms with Crippen LogP contribution in [-0.4, -0.2) is 61.7 Å². The fourth-order valence-corrected chi connectivity index (χ4v) is 4.83. The Kier molecular flexibility index (Phi) is 4.06. The number of nitrogens with one attached hydrogen (secondary N) is 1. The number of aromatic amines is 1. The number of piperidine rings is 1. The number of amides is 1. The number of likely N-dealkylation sites (tertiary alicyclic amines) is 1. The minimum Gasteiger partial charge on any atom is -0.356 e. The van der Waals surface area contributed by atoms with Crippen LogP contribution in [0.1, 0.15) is 37.9 Å². The number of aromatic nitrogens is 5. The average Bonchev–Trinajstić information content (AvgIpc) is 3.22. The third-order valence-corrected chi connectivity index (χ3v) is 6.94. The molecule has 156 valence electrons. The summed E-state index contributed by atoms with van der Waals surface area (Å²) in [5.74, 6) is 2.18. The summed E-state index contributed by atoms with van der Waals surface area (Å²) in [5.41, 5.74) is 1.39. The molecule has 30 heavy (non-hydrogen) atoms. The van der Waals surface area contributed by atoms with E-state index < -0.39 is 0 Å². The molecule has 0 radical (unpaired) electrons. The number of anilines is 1. The Balaban J connectivity index is 1.26. The van der Waals surface area contributed by atoms with Crippen molar-refractivity contribution in [1.29, 1.82) is 0 Å². The molecule has 9 heteroatoms. The predicted molar refractivity (Wildman–Crippen MR) is 114 cm³/mol. The number of pyridine rings is 1. The molecule has 1 amide bonds. The molecule has 3 aliphatic rings. The SMILES string of the molecule is O=C(C1CCCN(c2ccc3nc(C4(n5cc(Cl)cn5)CC4)[nH]c3n2)C1)N1CCC1. The third-order valence-electron chi connectivity index (χ3n) is 6.74. The summed E-state index contributed by atoms with van der Waals surface area (Å²) in [4.78, 5) is 30.0. The maximum absolute atomic E-state index is 12.7. The Morgan fingerprint density at radius 1 is 1.17 bits per heavy atom. The van der Waals surface area contributed by atoms with Gasteiger partial charge in [-0.05, 0) is 44.2 Å². The Morgan fingerprint density at radius 3 is 2.73 bits per heavy atom. The van der Waals surface area contributed by atoms with Gasteiger partial charge in [0, 0.05) is 32.4 Å². The fraction of sp³-hybridized carbons (Fsp3) is 0.524. The lowest BCUT2D eigenvalue weighted by Gasteiger charge is -2.38. The molecule has 3 fully saturated rings. The molecule has 0 aromatic carbocycles. The molecule has 1 unspecified atom stereocenters. The number of hydrogen-bond donors (Lipinski definition) is 1. The first-order valence-corrected chi connectivity index (χ1v) is 11.1. The van der Waals surface area contributed by atoms with E-state index in [0.717, 1.165) is 81.1 Å². The number of fused-ring (bicyclic) bond motifs is 1. The van der Waals surface area contributed by atoms with Crippen molar-refractivity contribution in [2.45, 2.75) is 37.6 Å². The lowest BCUT2D eigenvalue weighted by atomic mass is 9.95. The van der Waals surface area contributed by atoms with Crippen LogP contribution in [0.2, 0.25) is 5.02 Å². The molecule has 1 aliphatic carbocycles. The summed E-state index contributed by atoms with van der Waals surface area (Å²) in [6.45, 7) is 3.50. The van der Waals surface area contributed by atoms with Crippen molar-refractivity contribution < 1.29 is 4.79 Å². The first kappa shape index (κ1) is 18.2. The van der Waals surface area contributed by atoms with E-state index in [-0.39, 0.29) is 11.5 Å². The highest BCUT2D eigenvalue weighted by molar-refractivity contribution is 6.30. The van der Waals surface area contributed by atoms with Crippen LogP contribution in [0.15, 0.2) is 24.5 Å². The van der Waals surface area contributed by atoms with E-state index in [0.29, 0.717) is 10.9 Å². The summed E-state index contributed by atoms with van der Waals surface area (Å²) in [6.07, 6.45) is 8.58. The molecular formula is C21H24ClN7O. The van der Waals surface area contributed by atoms with Gasteiger partial charge < -0.3 is 14.8 Å². The maximum atomic E-state index is 12.7. The minimum absolute atomic E-state index is 0.0770. The number of imidazole rings is 1. The highest BCUT2D eigenvalue weighted by atomic mass is 35.5. The van der Waals surface area contributed by atoms with E-state index in [1.807, 2.05) is 27.9 Å². The number of H-pyrrole nitrogens is 1. The Hall–Kier alpha value is -2.61. The van der Waals surface area contributed by atoms with Crippen molar-refractivity contribution in [2.75, 3.05) is 31.1 Å². The minimum atomic E-state index is -0.242. The van der Waals surface area contributed by atoms with Crippen molar-refractivity contribution >= 4 is 34.5 Å². The van der Waals surface area contributed by atoms with Gasteiger partial charge in [0.25, 0.3) is 0 Å². The van der Waals surface area contributed by atoms with Crippen LogP contribution in [0, 0.1) is 5.92 Å². The van der Waals surface area contributed by atoms with Crippen LogP contribution in [0.4, 0.5) is 5.82 Å². The van der Waals surface area contributed by atoms with Crippen molar-refractivity contribution in [3.8, 4) is 0 Å². The van der Waals surface area contributed by atoms with E-state index in [4.69, 9.17) is 21.6 Å². The van der Waals surface area contributed by atoms with Gasteiger partial charge in [0.05, 0.1) is 17.1 Å². The first-order valence-electron chi connectivity index (χ1n) is 10.7. The number of carbonyl (C=O) groups excluding carboxylic acids is 1. The summed E-state index contributed by atoms with van der Waals surface area (Å²) in [6, 6.07) is 4.04. The van der Waals surface area contributed by atoms with Gasteiger partial charge in [-0.25, -0.2) is 9.97 Å². The molecule has 3 aromatic rings. The summed E-state index contributed by atoms with van der Waals surface area (Å²) in [7, 11) is 0. The summed E-state index contributed by atoms with van der Waals surface area (Å²) in [5, 5.41) is 5.03. The van der Waals surface area contributed by atoms with Gasteiger partial charge >= 0.3 is 0 Å². The molecule has 1 N–H and O–H groups in total. The van der Waals surface area contributed by atoms with Crippen LogP contribution in [0.3, 0.4) is 0 Å². The second-order valence-electron chi connectivity index (χ2n) is 8.72. The van der Waals surface area contributed by atoms with Crippen LogP contribution in [-0.2, 0) is 10.3 Å². The largest absolute Gasteiger partial charge is 0.356 e. The Labute approximate surface area is 179 Å². The van der Waals surface area contributed by atoms with E-state index in [2.05, 4.69) is 15.0 Å². The fourth-order valence-electron chi connectivity index (χ4n) is 4.69. The molecule has 2 saturated heterocycles. The molecule has 6 rings (SSSR count). The summed E-state index contributed by atoms with van der Waals surface area (Å²) < 4.78 is 1.91. The van der Waals surface area contributed by atoms with Crippen LogP contribution in [0.25, 0.3) is 11.2 Å². The van der Waals surface area contributed by atoms with Gasteiger partial charge in [0.1, 0.15) is 22.7 Å². The predicted octanol–water partition coefficient (Wildman–Crippen LogP) is 2.79. The number of nitrogens with zero attached hydrogens (tertiary/aromatic N) is 6. The van der Waals surface area contributed by atoms with Crippen LogP contribution in [0.5, 0.6) is 0 Å². The molecule has 2 aliphatic heterocycles. The molecule has 3 aromatic heterocycles. The molecule has 1 atom stereocenters. The lowest BCUT2D eigenvalue weighted by Crippen LogP contribution is -2.49. The second kappa shape index (κ2) is 6.70. The van der Waals surface area contributed by atoms with Gasteiger partial charge in [-0.15, -0.1) is 0 Å². The van der Waals surface area contributed by atoms with Crippen LogP contribution >= 0.6 is 11.6 Å². The van der Waals surface area contributed by atoms with Crippen molar-refractivity contribution in [3.63, 3.8) is 0 Å². The van der Waals surface area contributed by atoms with Gasteiger partial charge in [-0.3, -0.25) is 9.48 Å². The number of halogens is 1. The molecule has 5 heterocycles. The van der Waals surface area contributed by atoms with E-state index in [1.165, 1.54) is 0 Å². The Bertz CT molecular complexity index is 1110. The first-order chi connectivity index (χ1) is 14.6. The Morgan fingerprint density at radius 2 is 2.03 bits per heavy atom. The molecule has 0 bridgehead atoms. The van der Waals surface area contributed by atoms with Gasteiger partial charge in [-0.2, -0.15) is 5.10 Å². The third kappa shape index (κ3) is 2.88. The summed E-state index contributed by atoms with van der Waals surface area (Å²) >= 11 is 6.07. The maximum Gasteiger partial charge on any atom is 0.227 e. The van der Waals surface area contributed by atoms with Crippen molar-refractivity contribution in [1.82, 2.24) is 29.6 Å². The average molecular weight is 426 g/mol. The smallest absolute Gasteiger partial charge is 0.227 e. The lowest BCUT2D eigenvalue weighted by molar-refractivity contribution is -0.139. The van der Waals surface area contributed by atoms with Crippen molar-refractivity contribution in [3.05, 3.63) is 35.4 Å². The zero-order valence-corrected chi connectivity index (χ0v) is 17.5. The monoisotopic (exact) mass is 425 g/mol. The van der Waals surface area contributed by atoms with Gasteiger partial charge in [0.15, 0.2) is 5.65 Å². The normalized spacial score (nSPS) is 22.9. The second-order valence-corrected chi connectivity index (χ2v) is 9.16. The molecular weight excluding hydrogens is 402 g/mol. The van der Waals surface area contributed by atoms with E-state index in [1.54, 1.807) is 6.20 Å². The van der Waals surface area contributed by atoms with Gasteiger partial charge in [0.2, 0.25) is 5.91 Å². The topological polar surface area (TPSA) is 82.9 Å². The van der Waals surface area contributed by atoms with Crippen LogP contribution < -0.4 is 4.90 Å². The zero-order chi connectivity index (χ0) is 20.3. The highest BCUT2D eigenvalue weighted by Gasteiger charge is 2.50. The van der Waals surface area contributed by atoms with Gasteiger partial charge in [-0.1, -0.05) is 11.6 Å². The molecule has 1 saturated carbocycles. The molecule has 0 spiro atoms. The van der Waals surface area contributed by atoms with E-state index in [9.17, 15) is 4.79 Å². The molecule has 8 nitrogen and oxygen atoms in total. The number of carbonyl (C=O) groups is 1. The van der Waals surface area contributed by atoms with Crippen molar-refractivity contribution in [2.24, 2.45) is 5.92 Å². The highest BCUT2D eigenvalue weighted by Crippen LogP contribution is 2.48.